The molecule has 1 aromatic rings. The lowest BCUT2D eigenvalue weighted by atomic mass is 10.1. The first-order valence-corrected chi connectivity index (χ1v) is 3.84. The van der Waals surface area contributed by atoms with Crippen LogP contribution in [0.5, 0.6) is 0 Å². The van der Waals surface area contributed by atoms with E-state index in [1.165, 1.54) is 0 Å². The number of aryl methyl sites for hydroxylation is 1. The van der Waals surface area contributed by atoms with Gasteiger partial charge in [-0.3, -0.25) is 4.98 Å². The number of hydrogen-bond donors (Lipinski definition) is 1. The van der Waals surface area contributed by atoms with E-state index in [-0.39, 0.29) is 6.04 Å². The molecule has 0 aliphatic heterocycles. The van der Waals surface area contributed by atoms with Gasteiger partial charge in [-0.05, 0) is 20.0 Å². The van der Waals surface area contributed by atoms with E-state index in [0.717, 1.165) is 11.3 Å². The third kappa shape index (κ3) is 1.63. The van der Waals surface area contributed by atoms with Crippen molar-refractivity contribution < 1.29 is 0 Å². The molecule has 0 saturated carbocycles. The summed E-state index contributed by atoms with van der Waals surface area (Å²) in [5, 5.41) is 3.03. The minimum absolute atomic E-state index is 0.0290. The Morgan fingerprint density at radius 2 is 2.42 bits per heavy atom. The minimum atomic E-state index is -0.0290. The average Bonchev–Trinajstić information content (AvgIpc) is 2.10. The Morgan fingerprint density at radius 3 is 2.92 bits per heavy atom. The van der Waals surface area contributed by atoms with Crippen molar-refractivity contribution in [2.75, 3.05) is 7.05 Å². The molecule has 2 nitrogen and oxygen atoms in total. The third-order valence-electron chi connectivity index (χ3n) is 1.81. The van der Waals surface area contributed by atoms with Crippen molar-refractivity contribution in [2.24, 2.45) is 0 Å². The Hall–Kier alpha value is -1.33. The zero-order valence-corrected chi connectivity index (χ0v) is 7.33. The number of terminal acetylenes is 1. The van der Waals surface area contributed by atoms with Crippen LogP contribution >= 0.6 is 0 Å². The van der Waals surface area contributed by atoms with Crippen molar-refractivity contribution in [1.82, 2.24) is 10.3 Å². The molecule has 1 N–H and O–H groups in total. The molecule has 12 heavy (non-hydrogen) atoms. The molecule has 0 amide bonds. The molecule has 1 unspecified atom stereocenters. The molecule has 0 fully saturated rings. The fourth-order valence-corrected chi connectivity index (χ4v) is 1.13. The summed E-state index contributed by atoms with van der Waals surface area (Å²) >= 11 is 0. The summed E-state index contributed by atoms with van der Waals surface area (Å²) in [7, 11) is 1.84. The van der Waals surface area contributed by atoms with Crippen molar-refractivity contribution in [3.05, 3.63) is 29.6 Å². The minimum Gasteiger partial charge on any atom is -0.303 e. The van der Waals surface area contributed by atoms with Crippen LogP contribution in [0.4, 0.5) is 0 Å². The van der Waals surface area contributed by atoms with E-state index in [0.29, 0.717) is 0 Å². The van der Waals surface area contributed by atoms with Crippen LogP contribution in [0.15, 0.2) is 18.3 Å². The molecular formula is C10H12N2. The standard InChI is InChI=1S/C10H12N2/c1-4-10(11-3)9-6-5-7-12-8(9)2/h1,5-7,10-11H,2-3H3. The van der Waals surface area contributed by atoms with Crippen LogP contribution < -0.4 is 5.32 Å². The molecule has 1 atom stereocenters. The van der Waals surface area contributed by atoms with Crippen LogP contribution in [0, 0.1) is 19.3 Å². The van der Waals surface area contributed by atoms with Gasteiger partial charge >= 0.3 is 0 Å². The van der Waals surface area contributed by atoms with Crippen molar-refractivity contribution in [2.45, 2.75) is 13.0 Å². The number of pyridine rings is 1. The molecule has 1 rings (SSSR count). The molecule has 0 saturated heterocycles. The summed E-state index contributed by atoms with van der Waals surface area (Å²) in [5.41, 5.74) is 2.05. The normalized spacial score (nSPS) is 12.1. The maximum atomic E-state index is 5.34. The van der Waals surface area contributed by atoms with Gasteiger partial charge in [-0.15, -0.1) is 6.42 Å². The second-order valence-electron chi connectivity index (χ2n) is 2.57. The highest BCUT2D eigenvalue weighted by Gasteiger charge is 2.07. The van der Waals surface area contributed by atoms with Gasteiger partial charge in [0.25, 0.3) is 0 Å². The van der Waals surface area contributed by atoms with Crippen LogP contribution in [0.25, 0.3) is 0 Å². The van der Waals surface area contributed by atoms with Gasteiger partial charge in [0.15, 0.2) is 0 Å². The van der Waals surface area contributed by atoms with E-state index in [2.05, 4.69) is 16.2 Å². The second-order valence-corrected chi connectivity index (χ2v) is 2.57. The summed E-state index contributed by atoms with van der Waals surface area (Å²) in [6.45, 7) is 1.96. The summed E-state index contributed by atoms with van der Waals surface area (Å²) in [6.07, 6.45) is 7.11. The zero-order chi connectivity index (χ0) is 8.97. The molecule has 0 aliphatic carbocycles. The Balaban J connectivity index is 3.02. The van der Waals surface area contributed by atoms with Gasteiger partial charge in [0.2, 0.25) is 0 Å². The molecule has 1 aromatic heterocycles. The highest BCUT2D eigenvalue weighted by molar-refractivity contribution is 5.28. The Morgan fingerprint density at radius 1 is 1.67 bits per heavy atom. The summed E-state index contributed by atoms with van der Waals surface area (Å²) in [5.74, 6) is 2.66. The highest BCUT2D eigenvalue weighted by Crippen LogP contribution is 2.13. The van der Waals surface area contributed by atoms with E-state index in [9.17, 15) is 0 Å². The SMILES string of the molecule is C#CC(NC)c1cccnc1C. The average molecular weight is 160 g/mol. The van der Waals surface area contributed by atoms with Crippen molar-refractivity contribution >= 4 is 0 Å². The second kappa shape index (κ2) is 3.89. The van der Waals surface area contributed by atoms with Crippen LogP contribution in [-0.4, -0.2) is 12.0 Å². The fraction of sp³-hybridized carbons (Fsp3) is 0.300. The highest BCUT2D eigenvalue weighted by atomic mass is 14.9. The summed E-state index contributed by atoms with van der Waals surface area (Å²) in [4.78, 5) is 4.16. The van der Waals surface area contributed by atoms with E-state index in [1.54, 1.807) is 6.20 Å². The number of aromatic nitrogens is 1. The van der Waals surface area contributed by atoms with Crippen LogP contribution in [-0.2, 0) is 0 Å². The van der Waals surface area contributed by atoms with E-state index in [1.807, 2.05) is 26.1 Å². The lowest BCUT2D eigenvalue weighted by Crippen LogP contribution is -2.15. The van der Waals surface area contributed by atoms with Gasteiger partial charge in [-0.1, -0.05) is 12.0 Å². The summed E-state index contributed by atoms with van der Waals surface area (Å²) < 4.78 is 0. The zero-order valence-electron chi connectivity index (χ0n) is 7.33. The maximum Gasteiger partial charge on any atom is 0.0958 e. The molecule has 2 heteroatoms. The van der Waals surface area contributed by atoms with Gasteiger partial charge in [0.05, 0.1) is 6.04 Å². The van der Waals surface area contributed by atoms with Crippen molar-refractivity contribution in [1.29, 1.82) is 0 Å². The van der Waals surface area contributed by atoms with Gasteiger partial charge in [0, 0.05) is 17.5 Å². The quantitative estimate of drug-likeness (QED) is 0.659. The van der Waals surface area contributed by atoms with E-state index in [4.69, 9.17) is 6.42 Å². The molecule has 0 spiro atoms. The van der Waals surface area contributed by atoms with Crippen LogP contribution in [0.2, 0.25) is 0 Å². The molecule has 1 heterocycles. The first kappa shape index (κ1) is 8.76. The lowest BCUT2D eigenvalue weighted by Gasteiger charge is -2.10. The van der Waals surface area contributed by atoms with Crippen LogP contribution in [0.3, 0.4) is 0 Å². The van der Waals surface area contributed by atoms with Gasteiger partial charge in [-0.2, -0.15) is 0 Å². The third-order valence-corrected chi connectivity index (χ3v) is 1.81. The van der Waals surface area contributed by atoms with E-state index >= 15 is 0 Å². The van der Waals surface area contributed by atoms with Gasteiger partial charge < -0.3 is 5.32 Å². The van der Waals surface area contributed by atoms with E-state index < -0.39 is 0 Å². The number of rotatable bonds is 2. The fourth-order valence-electron chi connectivity index (χ4n) is 1.13. The first-order valence-electron chi connectivity index (χ1n) is 3.84. The number of nitrogens with zero attached hydrogens (tertiary/aromatic N) is 1. The maximum absolute atomic E-state index is 5.34. The first-order chi connectivity index (χ1) is 5.79. The van der Waals surface area contributed by atoms with Gasteiger partial charge in [-0.25, -0.2) is 0 Å². The Bertz CT molecular complexity index is 299. The van der Waals surface area contributed by atoms with Gasteiger partial charge in [0.1, 0.15) is 0 Å². The largest absolute Gasteiger partial charge is 0.303 e. The van der Waals surface area contributed by atoms with Crippen molar-refractivity contribution in [3.8, 4) is 12.3 Å². The number of hydrogen-bond acceptors (Lipinski definition) is 2. The van der Waals surface area contributed by atoms with Crippen LogP contribution in [0.1, 0.15) is 17.3 Å². The smallest absolute Gasteiger partial charge is 0.0958 e. The molecule has 0 radical (unpaired) electrons. The molecule has 62 valence electrons. The predicted molar refractivity (Wildman–Crippen MR) is 49.6 cm³/mol. The Labute approximate surface area is 73.0 Å². The monoisotopic (exact) mass is 160 g/mol. The topological polar surface area (TPSA) is 24.9 Å². The lowest BCUT2D eigenvalue weighted by molar-refractivity contribution is 0.726. The molecular weight excluding hydrogens is 148 g/mol. The predicted octanol–water partition coefficient (Wildman–Crippen LogP) is 1.28. The Kier molecular flexibility index (Phi) is 2.84. The number of nitrogens with one attached hydrogen (secondary N) is 1. The molecule has 0 bridgehead atoms. The molecule has 0 aromatic carbocycles. The van der Waals surface area contributed by atoms with Crippen molar-refractivity contribution in [3.63, 3.8) is 0 Å². The molecule has 0 aliphatic rings. The summed E-state index contributed by atoms with van der Waals surface area (Å²) in [6, 6.07) is 3.85.